The molecule has 3 heteroatoms. The molecule has 128 valence electrons. The fraction of sp³-hybridized carbons (Fsp3) is 0.700. The highest BCUT2D eigenvalue weighted by molar-refractivity contribution is 6.30. The van der Waals surface area contributed by atoms with Crippen molar-refractivity contribution in [2.24, 2.45) is 11.8 Å². The second-order valence-corrected chi connectivity index (χ2v) is 7.93. The molecule has 1 aliphatic heterocycles. The van der Waals surface area contributed by atoms with Gasteiger partial charge in [-0.1, -0.05) is 62.3 Å². The molecule has 0 amide bonds. The molecule has 23 heavy (non-hydrogen) atoms. The first kappa shape index (κ1) is 17.3. The average molecular weight is 336 g/mol. The Morgan fingerprint density at radius 2 is 1.48 bits per heavy atom. The largest absolute Gasteiger partial charge is 0.374 e. The SMILES string of the molecule is OC(c1ccc(Cl)cc1)N1CCC(CC2CCCCCC2)CC1. The molecule has 2 aliphatic rings. The minimum atomic E-state index is -0.480. The summed E-state index contributed by atoms with van der Waals surface area (Å²) in [5.41, 5.74) is 0.955. The van der Waals surface area contributed by atoms with E-state index >= 15 is 0 Å². The van der Waals surface area contributed by atoms with E-state index in [-0.39, 0.29) is 0 Å². The molecule has 2 nitrogen and oxygen atoms in total. The first-order valence-corrected chi connectivity index (χ1v) is 9.78. The molecule has 2 fully saturated rings. The second-order valence-electron chi connectivity index (χ2n) is 7.50. The Kier molecular flexibility index (Phi) is 6.38. The predicted octanol–water partition coefficient (Wildman–Crippen LogP) is 5.40. The summed E-state index contributed by atoms with van der Waals surface area (Å²) >= 11 is 5.93. The van der Waals surface area contributed by atoms with Crippen LogP contribution < -0.4 is 0 Å². The standard InChI is InChI=1S/C20H30ClNO/c21-19-9-7-18(8-10-19)20(23)22-13-11-17(12-14-22)15-16-5-3-1-2-4-6-16/h7-10,16-17,20,23H,1-6,11-15H2. The van der Waals surface area contributed by atoms with Gasteiger partial charge in [-0.15, -0.1) is 0 Å². The van der Waals surface area contributed by atoms with Crippen molar-refractivity contribution < 1.29 is 5.11 Å². The van der Waals surface area contributed by atoms with Crippen molar-refractivity contribution in [2.75, 3.05) is 13.1 Å². The molecular formula is C20H30ClNO. The highest BCUT2D eigenvalue weighted by Crippen LogP contribution is 2.33. The van der Waals surface area contributed by atoms with Crippen LogP contribution in [0, 0.1) is 11.8 Å². The summed E-state index contributed by atoms with van der Waals surface area (Å²) in [6, 6.07) is 7.59. The summed E-state index contributed by atoms with van der Waals surface area (Å²) in [4.78, 5) is 2.22. The third-order valence-electron chi connectivity index (χ3n) is 5.80. The molecule has 1 saturated heterocycles. The zero-order chi connectivity index (χ0) is 16.1. The zero-order valence-corrected chi connectivity index (χ0v) is 14.8. The number of likely N-dealkylation sites (tertiary alicyclic amines) is 1. The lowest BCUT2D eigenvalue weighted by molar-refractivity contribution is -0.0211. The highest BCUT2D eigenvalue weighted by Gasteiger charge is 2.26. The molecule has 0 aromatic heterocycles. The Bertz CT molecular complexity index is 459. The van der Waals surface area contributed by atoms with Gasteiger partial charge in [0.05, 0.1) is 0 Å². The molecule has 1 aromatic rings. The van der Waals surface area contributed by atoms with Gasteiger partial charge in [-0.25, -0.2) is 0 Å². The number of aliphatic hydroxyl groups excluding tert-OH is 1. The van der Waals surface area contributed by atoms with E-state index < -0.39 is 6.23 Å². The van der Waals surface area contributed by atoms with Crippen LogP contribution in [0.4, 0.5) is 0 Å². The van der Waals surface area contributed by atoms with Crippen molar-refractivity contribution in [3.05, 3.63) is 34.9 Å². The molecule has 0 bridgehead atoms. The Morgan fingerprint density at radius 1 is 0.913 bits per heavy atom. The summed E-state index contributed by atoms with van der Waals surface area (Å²) in [5.74, 6) is 1.84. The van der Waals surface area contributed by atoms with Crippen LogP contribution in [0.25, 0.3) is 0 Å². The van der Waals surface area contributed by atoms with Crippen molar-refractivity contribution in [1.82, 2.24) is 4.90 Å². The summed E-state index contributed by atoms with van der Waals surface area (Å²) in [6.45, 7) is 2.03. The second kappa shape index (κ2) is 8.50. The van der Waals surface area contributed by atoms with Crippen molar-refractivity contribution >= 4 is 11.6 Å². The number of piperidine rings is 1. The van der Waals surface area contributed by atoms with Gasteiger partial charge < -0.3 is 5.11 Å². The Morgan fingerprint density at radius 3 is 2.09 bits per heavy atom. The maximum atomic E-state index is 10.6. The number of benzene rings is 1. The molecular weight excluding hydrogens is 306 g/mol. The number of nitrogens with zero attached hydrogens (tertiary/aromatic N) is 1. The molecule has 1 unspecified atom stereocenters. The summed E-state index contributed by atoms with van der Waals surface area (Å²) in [6.07, 6.45) is 12.1. The van der Waals surface area contributed by atoms with Gasteiger partial charge in [0.2, 0.25) is 0 Å². The minimum Gasteiger partial charge on any atom is -0.374 e. The first-order valence-electron chi connectivity index (χ1n) is 9.40. The van der Waals surface area contributed by atoms with E-state index in [0.29, 0.717) is 0 Å². The lowest BCUT2D eigenvalue weighted by Crippen LogP contribution is -2.37. The van der Waals surface area contributed by atoms with Crippen LogP contribution >= 0.6 is 11.6 Å². The summed E-state index contributed by atoms with van der Waals surface area (Å²) in [5, 5.41) is 11.3. The molecule has 1 aromatic carbocycles. The van der Waals surface area contributed by atoms with Crippen LogP contribution in [0.2, 0.25) is 5.02 Å². The van der Waals surface area contributed by atoms with Gasteiger partial charge in [0, 0.05) is 18.1 Å². The van der Waals surface area contributed by atoms with Crippen LogP contribution in [0.15, 0.2) is 24.3 Å². The first-order chi connectivity index (χ1) is 11.2. The fourth-order valence-electron chi connectivity index (χ4n) is 4.35. The van der Waals surface area contributed by atoms with Gasteiger partial charge in [0.15, 0.2) is 0 Å². The van der Waals surface area contributed by atoms with Gasteiger partial charge in [0.25, 0.3) is 0 Å². The van der Waals surface area contributed by atoms with Crippen molar-refractivity contribution in [3.8, 4) is 0 Å². The predicted molar refractivity (Wildman–Crippen MR) is 96.5 cm³/mol. The highest BCUT2D eigenvalue weighted by atomic mass is 35.5. The fourth-order valence-corrected chi connectivity index (χ4v) is 4.48. The maximum absolute atomic E-state index is 10.6. The smallest absolute Gasteiger partial charge is 0.133 e. The molecule has 3 rings (SSSR count). The Labute approximate surface area is 145 Å². The third kappa shape index (κ3) is 4.95. The average Bonchev–Trinajstić information content (AvgIpc) is 2.84. The molecule has 0 radical (unpaired) electrons. The van der Waals surface area contributed by atoms with Crippen molar-refractivity contribution in [2.45, 2.75) is 64.0 Å². The van der Waals surface area contributed by atoms with Gasteiger partial charge in [-0.05, 0) is 48.8 Å². The molecule has 1 N–H and O–H groups in total. The van der Waals surface area contributed by atoms with E-state index in [9.17, 15) is 5.11 Å². The maximum Gasteiger partial charge on any atom is 0.133 e. The van der Waals surface area contributed by atoms with Gasteiger partial charge in [-0.3, -0.25) is 4.90 Å². The van der Waals surface area contributed by atoms with E-state index in [1.54, 1.807) is 0 Å². The summed E-state index contributed by atoms with van der Waals surface area (Å²) in [7, 11) is 0. The van der Waals surface area contributed by atoms with E-state index in [1.807, 2.05) is 24.3 Å². The van der Waals surface area contributed by atoms with Gasteiger partial charge >= 0.3 is 0 Å². The van der Waals surface area contributed by atoms with E-state index in [2.05, 4.69) is 4.90 Å². The van der Waals surface area contributed by atoms with Gasteiger partial charge in [0.1, 0.15) is 6.23 Å². The van der Waals surface area contributed by atoms with Gasteiger partial charge in [-0.2, -0.15) is 0 Å². The number of rotatable bonds is 4. The number of halogens is 1. The van der Waals surface area contributed by atoms with E-state index in [1.165, 1.54) is 57.8 Å². The van der Waals surface area contributed by atoms with Crippen LogP contribution in [-0.2, 0) is 0 Å². The number of hydrogen-bond donors (Lipinski definition) is 1. The van der Waals surface area contributed by atoms with E-state index in [4.69, 9.17) is 11.6 Å². The lowest BCUT2D eigenvalue weighted by atomic mass is 9.84. The zero-order valence-electron chi connectivity index (χ0n) is 14.1. The molecule has 1 heterocycles. The van der Waals surface area contributed by atoms with Crippen molar-refractivity contribution in [3.63, 3.8) is 0 Å². The van der Waals surface area contributed by atoms with Crippen LogP contribution in [-0.4, -0.2) is 23.1 Å². The van der Waals surface area contributed by atoms with Crippen LogP contribution in [0.3, 0.4) is 0 Å². The minimum absolute atomic E-state index is 0.480. The molecule has 1 aliphatic carbocycles. The normalized spacial score (nSPS) is 23.6. The third-order valence-corrected chi connectivity index (χ3v) is 6.06. The molecule has 1 saturated carbocycles. The topological polar surface area (TPSA) is 23.5 Å². The van der Waals surface area contributed by atoms with Crippen LogP contribution in [0.1, 0.15) is 69.6 Å². The van der Waals surface area contributed by atoms with Crippen molar-refractivity contribution in [1.29, 1.82) is 0 Å². The van der Waals surface area contributed by atoms with E-state index in [0.717, 1.165) is 35.5 Å². The Hall–Kier alpha value is -0.570. The number of aliphatic hydroxyl groups is 1. The lowest BCUT2D eigenvalue weighted by Gasteiger charge is -2.36. The van der Waals surface area contributed by atoms with Crippen LogP contribution in [0.5, 0.6) is 0 Å². The number of hydrogen-bond acceptors (Lipinski definition) is 2. The Balaban J connectivity index is 1.46. The molecule has 0 spiro atoms. The molecule has 1 atom stereocenters. The summed E-state index contributed by atoms with van der Waals surface area (Å²) < 4.78 is 0. The quantitative estimate of drug-likeness (QED) is 0.744. The monoisotopic (exact) mass is 335 g/mol.